The fourth-order valence-electron chi connectivity index (χ4n) is 2.35. The molecule has 0 spiro atoms. The van der Waals surface area contributed by atoms with Gasteiger partial charge in [-0.3, -0.25) is 4.99 Å². The Morgan fingerprint density at radius 3 is 2.67 bits per heavy atom. The fourth-order valence-corrected chi connectivity index (χ4v) is 2.35. The van der Waals surface area contributed by atoms with Crippen LogP contribution in [0.4, 0.5) is 0 Å². The van der Waals surface area contributed by atoms with Gasteiger partial charge in [0.2, 0.25) is 0 Å². The molecule has 0 saturated heterocycles. The number of methoxy groups -OCH3 is 1. The highest BCUT2D eigenvalue weighted by Gasteiger charge is 2.11. The Morgan fingerprint density at radius 1 is 1.29 bits per heavy atom. The van der Waals surface area contributed by atoms with Crippen molar-refractivity contribution in [2.75, 3.05) is 20.7 Å². The number of aliphatic imine (C=N–C) groups is 1. The molecule has 5 heteroatoms. The van der Waals surface area contributed by atoms with Crippen LogP contribution in [0, 0.1) is 0 Å². The number of hydrogen-bond acceptors (Lipinski definition) is 2. The molecule has 116 valence electrons. The van der Waals surface area contributed by atoms with Crippen molar-refractivity contribution in [2.24, 2.45) is 4.99 Å². The summed E-state index contributed by atoms with van der Waals surface area (Å²) >= 11 is 0. The zero-order valence-electron chi connectivity index (χ0n) is 12.6. The maximum absolute atomic E-state index is 5.35. The van der Waals surface area contributed by atoms with Gasteiger partial charge in [-0.25, -0.2) is 0 Å². The molecular formula is C16H24IN3O. The second-order valence-corrected chi connectivity index (χ2v) is 4.84. The van der Waals surface area contributed by atoms with E-state index in [1.54, 1.807) is 14.2 Å². The van der Waals surface area contributed by atoms with Gasteiger partial charge < -0.3 is 15.4 Å². The van der Waals surface area contributed by atoms with E-state index in [-0.39, 0.29) is 24.0 Å². The Kier molecular flexibility index (Phi) is 8.19. The van der Waals surface area contributed by atoms with Crippen LogP contribution in [0.15, 0.2) is 41.4 Å². The van der Waals surface area contributed by atoms with E-state index in [0.717, 1.165) is 37.5 Å². The molecule has 0 heterocycles. The summed E-state index contributed by atoms with van der Waals surface area (Å²) in [7, 11) is 3.51. The highest BCUT2D eigenvalue weighted by Crippen LogP contribution is 2.17. The van der Waals surface area contributed by atoms with Crippen molar-refractivity contribution >= 4 is 29.9 Å². The minimum atomic E-state index is 0. The largest absolute Gasteiger partial charge is 0.496 e. The molecule has 1 aliphatic rings. The lowest BCUT2D eigenvalue weighted by Crippen LogP contribution is -2.43. The molecule has 0 amide bonds. The van der Waals surface area contributed by atoms with Gasteiger partial charge in [0.25, 0.3) is 0 Å². The van der Waals surface area contributed by atoms with Crippen LogP contribution >= 0.6 is 24.0 Å². The molecule has 1 aromatic rings. The minimum absolute atomic E-state index is 0. The minimum Gasteiger partial charge on any atom is -0.496 e. The Labute approximate surface area is 144 Å². The third kappa shape index (κ3) is 5.57. The quantitative estimate of drug-likeness (QED) is 0.345. The van der Waals surface area contributed by atoms with Gasteiger partial charge in [-0.15, -0.1) is 24.0 Å². The van der Waals surface area contributed by atoms with Crippen LogP contribution in [0.1, 0.15) is 18.4 Å². The van der Waals surface area contributed by atoms with Crippen LogP contribution in [0.3, 0.4) is 0 Å². The number of nitrogens with one attached hydrogen (secondary N) is 2. The number of hydrogen-bond donors (Lipinski definition) is 2. The third-order valence-corrected chi connectivity index (χ3v) is 3.45. The average Bonchev–Trinajstić information content (AvgIpc) is 2.99. The number of nitrogens with zero attached hydrogens (tertiary/aromatic N) is 1. The van der Waals surface area contributed by atoms with E-state index in [1.807, 2.05) is 18.2 Å². The predicted octanol–water partition coefficient (Wildman–Crippen LogP) is 2.74. The maximum atomic E-state index is 5.35. The van der Waals surface area contributed by atoms with Gasteiger partial charge in [-0.05, 0) is 30.9 Å². The molecule has 0 atom stereocenters. The van der Waals surface area contributed by atoms with Gasteiger partial charge >= 0.3 is 0 Å². The number of ether oxygens (including phenoxy) is 1. The molecule has 1 aromatic carbocycles. The van der Waals surface area contributed by atoms with E-state index in [0.29, 0.717) is 6.04 Å². The lowest BCUT2D eigenvalue weighted by molar-refractivity contribution is 0.409. The van der Waals surface area contributed by atoms with Crippen LogP contribution in [-0.2, 0) is 6.42 Å². The molecule has 0 unspecified atom stereocenters. The predicted molar refractivity (Wildman–Crippen MR) is 98.8 cm³/mol. The van der Waals surface area contributed by atoms with E-state index < -0.39 is 0 Å². The SMILES string of the molecule is CN=C(NCCc1ccccc1OC)NC1CC=CC1.I. The van der Waals surface area contributed by atoms with Crippen molar-refractivity contribution < 1.29 is 4.74 Å². The summed E-state index contributed by atoms with van der Waals surface area (Å²) in [6.07, 6.45) is 7.48. The van der Waals surface area contributed by atoms with Crippen molar-refractivity contribution in [3.8, 4) is 5.75 Å². The maximum Gasteiger partial charge on any atom is 0.191 e. The first-order valence-electron chi connectivity index (χ1n) is 7.07. The molecule has 1 aliphatic carbocycles. The van der Waals surface area contributed by atoms with Crippen molar-refractivity contribution in [2.45, 2.75) is 25.3 Å². The van der Waals surface area contributed by atoms with Gasteiger partial charge in [0, 0.05) is 19.6 Å². The van der Waals surface area contributed by atoms with Crippen molar-refractivity contribution in [3.63, 3.8) is 0 Å². The Hall–Kier alpha value is -1.24. The molecule has 0 bridgehead atoms. The van der Waals surface area contributed by atoms with Crippen LogP contribution in [-0.4, -0.2) is 32.7 Å². The van der Waals surface area contributed by atoms with Gasteiger partial charge in [0.15, 0.2) is 5.96 Å². The highest BCUT2D eigenvalue weighted by atomic mass is 127. The normalized spacial score (nSPS) is 14.7. The van der Waals surface area contributed by atoms with E-state index >= 15 is 0 Å². The summed E-state index contributed by atoms with van der Waals surface area (Å²) < 4.78 is 5.35. The van der Waals surface area contributed by atoms with Crippen molar-refractivity contribution in [1.29, 1.82) is 0 Å². The van der Waals surface area contributed by atoms with Crippen molar-refractivity contribution in [1.82, 2.24) is 10.6 Å². The standard InChI is InChI=1S/C16H23N3O.HI/c1-17-16(19-14-8-4-5-9-14)18-12-11-13-7-3-6-10-15(13)20-2;/h3-7,10,14H,8-9,11-12H2,1-2H3,(H2,17,18,19);1H. The summed E-state index contributed by atoms with van der Waals surface area (Å²) in [5.74, 6) is 1.81. The molecule has 4 nitrogen and oxygen atoms in total. The van der Waals surface area contributed by atoms with Crippen LogP contribution in [0.2, 0.25) is 0 Å². The van der Waals surface area contributed by atoms with Crippen LogP contribution in [0.25, 0.3) is 0 Å². The lowest BCUT2D eigenvalue weighted by Gasteiger charge is -2.17. The molecule has 0 saturated carbocycles. The number of benzene rings is 1. The summed E-state index contributed by atoms with van der Waals surface area (Å²) in [6.45, 7) is 0.834. The molecule has 2 rings (SSSR count). The zero-order valence-corrected chi connectivity index (χ0v) is 15.0. The Balaban J connectivity index is 0.00000220. The molecular weight excluding hydrogens is 377 g/mol. The van der Waals surface area contributed by atoms with E-state index in [2.05, 4.69) is 33.8 Å². The van der Waals surface area contributed by atoms with Gasteiger partial charge in [0.1, 0.15) is 5.75 Å². The molecule has 0 fully saturated rings. The lowest BCUT2D eigenvalue weighted by atomic mass is 10.1. The van der Waals surface area contributed by atoms with Crippen LogP contribution in [0.5, 0.6) is 5.75 Å². The second-order valence-electron chi connectivity index (χ2n) is 4.84. The summed E-state index contributed by atoms with van der Waals surface area (Å²) in [6, 6.07) is 8.59. The van der Waals surface area contributed by atoms with Gasteiger partial charge in [-0.2, -0.15) is 0 Å². The molecule has 2 N–H and O–H groups in total. The van der Waals surface area contributed by atoms with E-state index in [4.69, 9.17) is 4.74 Å². The summed E-state index contributed by atoms with van der Waals surface area (Å²) in [5.41, 5.74) is 1.21. The summed E-state index contributed by atoms with van der Waals surface area (Å²) in [4.78, 5) is 4.26. The molecule has 0 aliphatic heterocycles. The monoisotopic (exact) mass is 401 g/mol. The second kappa shape index (κ2) is 9.65. The zero-order chi connectivity index (χ0) is 14.2. The highest BCUT2D eigenvalue weighted by molar-refractivity contribution is 14.0. The topological polar surface area (TPSA) is 45.7 Å². The van der Waals surface area contributed by atoms with E-state index in [1.165, 1.54) is 5.56 Å². The molecule has 0 aromatic heterocycles. The van der Waals surface area contributed by atoms with E-state index in [9.17, 15) is 0 Å². The first-order chi connectivity index (χ1) is 9.83. The summed E-state index contributed by atoms with van der Waals surface area (Å²) in [5, 5.41) is 6.78. The Bertz CT molecular complexity index is 480. The molecule has 21 heavy (non-hydrogen) atoms. The Morgan fingerprint density at radius 2 is 2.00 bits per heavy atom. The fraction of sp³-hybridized carbons (Fsp3) is 0.438. The molecule has 0 radical (unpaired) electrons. The average molecular weight is 401 g/mol. The number of guanidine groups is 1. The number of rotatable bonds is 5. The first-order valence-corrected chi connectivity index (χ1v) is 7.07. The van der Waals surface area contributed by atoms with Gasteiger partial charge in [0.05, 0.1) is 7.11 Å². The van der Waals surface area contributed by atoms with Gasteiger partial charge in [-0.1, -0.05) is 30.4 Å². The van der Waals surface area contributed by atoms with Crippen molar-refractivity contribution in [3.05, 3.63) is 42.0 Å². The smallest absolute Gasteiger partial charge is 0.191 e. The number of halogens is 1. The number of para-hydroxylation sites is 1. The van der Waals surface area contributed by atoms with Crippen LogP contribution < -0.4 is 15.4 Å². The third-order valence-electron chi connectivity index (χ3n) is 3.45. The first kappa shape index (κ1) is 17.8.